The summed E-state index contributed by atoms with van der Waals surface area (Å²) in [5.74, 6) is -0.353. The normalized spacial score (nSPS) is 17.7. The van der Waals surface area contributed by atoms with E-state index in [9.17, 15) is 14.7 Å². The van der Waals surface area contributed by atoms with Gasteiger partial charge in [0.1, 0.15) is 17.3 Å². The number of likely N-dealkylation sites (tertiary alicyclic amines) is 1. The van der Waals surface area contributed by atoms with Crippen molar-refractivity contribution in [2.24, 2.45) is 0 Å². The summed E-state index contributed by atoms with van der Waals surface area (Å²) in [6.07, 6.45) is 2.41. The lowest BCUT2D eigenvalue weighted by atomic mass is 9.92. The van der Waals surface area contributed by atoms with E-state index in [1.54, 1.807) is 36.4 Å². The van der Waals surface area contributed by atoms with Crippen LogP contribution in [0.5, 0.6) is 5.75 Å². The van der Waals surface area contributed by atoms with Crippen molar-refractivity contribution in [3.63, 3.8) is 0 Å². The molecule has 1 aliphatic heterocycles. The van der Waals surface area contributed by atoms with Crippen LogP contribution in [0.25, 0.3) is 5.76 Å². The summed E-state index contributed by atoms with van der Waals surface area (Å²) >= 11 is 0. The van der Waals surface area contributed by atoms with Gasteiger partial charge in [-0.1, -0.05) is 31.2 Å². The van der Waals surface area contributed by atoms with Crippen molar-refractivity contribution in [1.29, 1.82) is 0 Å². The predicted octanol–water partition coefficient (Wildman–Crippen LogP) is 5.00. The average molecular weight is 431 g/mol. The third-order valence-electron chi connectivity index (χ3n) is 5.53. The maximum Gasteiger partial charge on any atom is 0.296 e. The second-order valence-electron chi connectivity index (χ2n) is 7.74. The maximum atomic E-state index is 13.1. The first-order valence-electron chi connectivity index (χ1n) is 10.6. The Morgan fingerprint density at radius 2 is 1.81 bits per heavy atom. The summed E-state index contributed by atoms with van der Waals surface area (Å²) in [4.78, 5) is 27.6. The molecule has 1 N–H and O–H groups in total. The highest BCUT2D eigenvalue weighted by atomic mass is 16.5. The Hall–Kier alpha value is -3.80. The van der Waals surface area contributed by atoms with Crippen LogP contribution in [0.2, 0.25) is 0 Å². The molecular weight excluding hydrogens is 406 g/mol. The van der Waals surface area contributed by atoms with Crippen LogP contribution in [-0.4, -0.2) is 28.3 Å². The molecule has 1 unspecified atom stereocenters. The lowest BCUT2D eigenvalue weighted by Crippen LogP contribution is -2.29. The minimum Gasteiger partial charge on any atom is -0.507 e. The molecule has 1 fully saturated rings. The second-order valence-corrected chi connectivity index (χ2v) is 7.74. The molecule has 0 aliphatic carbocycles. The summed E-state index contributed by atoms with van der Waals surface area (Å²) in [5.41, 5.74) is 2.21. The van der Waals surface area contributed by atoms with E-state index >= 15 is 0 Å². The molecule has 164 valence electrons. The Balaban J connectivity index is 1.80. The van der Waals surface area contributed by atoms with Gasteiger partial charge in [-0.05, 0) is 60.9 Å². The largest absolute Gasteiger partial charge is 0.507 e. The molecule has 0 bridgehead atoms. The number of amides is 1. The van der Waals surface area contributed by atoms with Gasteiger partial charge in [-0.15, -0.1) is 0 Å². The van der Waals surface area contributed by atoms with Crippen LogP contribution >= 0.6 is 0 Å². The number of carbonyl (C=O) groups excluding carboxylic acids is 2. The van der Waals surface area contributed by atoms with E-state index in [4.69, 9.17) is 9.15 Å². The number of aliphatic hydroxyl groups is 1. The molecule has 3 aromatic rings. The zero-order valence-electron chi connectivity index (χ0n) is 18.1. The van der Waals surface area contributed by atoms with Gasteiger partial charge in [-0.2, -0.15) is 0 Å². The molecule has 1 atom stereocenters. The highest BCUT2D eigenvalue weighted by Crippen LogP contribution is 2.41. The lowest BCUT2D eigenvalue weighted by Gasteiger charge is -2.25. The smallest absolute Gasteiger partial charge is 0.296 e. The molecule has 0 spiro atoms. The quantitative estimate of drug-likeness (QED) is 0.324. The van der Waals surface area contributed by atoms with E-state index in [1.165, 1.54) is 11.2 Å². The number of nitrogens with zero attached hydrogens (tertiary/aromatic N) is 1. The monoisotopic (exact) mass is 431 g/mol. The zero-order valence-corrected chi connectivity index (χ0v) is 18.1. The molecule has 2 aromatic carbocycles. The molecule has 1 amide bonds. The molecule has 4 rings (SSSR count). The number of rotatable bonds is 7. The average Bonchev–Trinajstić information content (AvgIpc) is 3.40. The molecule has 2 heterocycles. The van der Waals surface area contributed by atoms with Gasteiger partial charge < -0.3 is 19.2 Å². The van der Waals surface area contributed by atoms with E-state index in [-0.39, 0.29) is 17.9 Å². The minimum absolute atomic E-state index is 0.0677. The summed E-state index contributed by atoms with van der Waals surface area (Å²) in [6.45, 7) is 4.66. The van der Waals surface area contributed by atoms with Crippen LogP contribution in [0.4, 0.5) is 0 Å². The van der Waals surface area contributed by atoms with Crippen LogP contribution in [0.3, 0.4) is 0 Å². The van der Waals surface area contributed by atoms with Crippen LogP contribution < -0.4 is 4.74 Å². The Kier molecular flexibility index (Phi) is 6.12. The minimum atomic E-state index is -0.725. The Morgan fingerprint density at radius 1 is 1.06 bits per heavy atom. The van der Waals surface area contributed by atoms with Crippen molar-refractivity contribution >= 4 is 17.4 Å². The number of hydrogen-bond acceptors (Lipinski definition) is 5. The van der Waals surface area contributed by atoms with Crippen molar-refractivity contribution in [2.45, 2.75) is 32.9 Å². The molecular formula is C26H25NO5. The van der Waals surface area contributed by atoms with Crippen molar-refractivity contribution in [2.75, 3.05) is 6.61 Å². The third-order valence-corrected chi connectivity index (χ3v) is 5.53. The van der Waals surface area contributed by atoms with E-state index in [0.717, 1.165) is 17.5 Å². The van der Waals surface area contributed by atoms with Gasteiger partial charge in [-0.3, -0.25) is 9.59 Å². The second kappa shape index (κ2) is 9.14. The van der Waals surface area contributed by atoms with Crippen LogP contribution in [0.15, 0.2) is 76.9 Å². The molecule has 6 nitrogen and oxygen atoms in total. The molecule has 0 saturated carbocycles. The topological polar surface area (TPSA) is 80.0 Å². The number of Topliss-reactive ketones (excluding diaryl/α,β-unsaturated/α-hetero) is 1. The number of benzene rings is 2. The van der Waals surface area contributed by atoms with E-state index in [2.05, 4.69) is 0 Å². The standard InChI is InChI=1S/C26H25NO5/c1-3-14-31-19-12-10-18(11-13-19)24(28)22-23(21-9-5-4-7-17(21)2)27(26(30)25(22)29)16-20-8-6-15-32-20/h4-13,15,23,28H,3,14,16H2,1-2H3/b24-22-. The van der Waals surface area contributed by atoms with Crippen LogP contribution in [-0.2, 0) is 16.1 Å². The third kappa shape index (κ3) is 4.04. The molecule has 1 aliphatic rings. The van der Waals surface area contributed by atoms with Gasteiger partial charge in [0.05, 0.1) is 31.0 Å². The van der Waals surface area contributed by atoms with Crippen LogP contribution in [0, 0.1) is 6.92 Å². The Bertz CT molecular complexity index is 1150. The van der Waals surface area contributed by atoms with Crippen molar-refractivity contribution in [3.05, 3.63) is 95.0 Å². The first-order valence-corrected chi connectivity index (χ1v) is 10.6. The number of ether oxygens (including phenoxy) is 1. The lowest BCUT2D eigenvalue weighted by molar-refractivity contribution is -0.140. The highest BCUT2D eigenvalue weighted by molar-refractivity contribution is 6.46. The van der Waals surface area contributed by atoms with E-state index < -0.39 is 17.7 Å². The van der Waals surface area contributed by atoms with Gasteiger partial charge in [0.2, 0.25) is 0 Å². The maximum absolute atomic E-state index is 13.1. The van der Waals surface area contributed by atoms with Gasteiger partial charge in [0, 0.05) is 5.56 Å². The highest BCUT2D eigenvalue weighted by Gasteiger charge is 2.46. The van der Waals surface area contributed by atoms with Gasteiger partial charge >= 0.3 is 0 Å². The Labute approximate surface area is 186 Å². The molecule has 32 heavy (non-hydrogen) atoms. The van der Waals surface area contributed by atoms with Crippen molar-refractivity contribution < 1.29 is 23.8 Å². The summed E-state index contributed by atoms with van der Waals surface area (Å²) < 4.78 is 11.0. The summed E-state index contributed by atoms with van der Waals surface area (Å²) in [6, 6.07) is 17.2. The number of hydrogen-bond donors (Lipinski definition) is 1. The van der Waals surface area contributed by atoms with Gasteiger partial charge in [-0.25, -0.2) is 0 Å². The summed E-state index contributed by atoms with van der Waals surface area (Å²) in [7, 11) is 0. The molecule has 1 aromatic heterocycles. The SMILES string of the molecule is CCCOc1ccc(/C(O)=C2/C(=O)C(=O)N(Cc3ccco3)C2c2ccccc2C)cc1. The zero-order chi connectivity index (χ0) is 22.7. The van der Waals surface area contributed by atoms with E-state index in [0.29, 0.717) is 23.7 Å². The first kappa shape index (κ1) is 21.4. The number of aryl methyl sites for hydroxylation is 1. The van der Waals surface area contributed by atoms with E-state index in [1.807, 2.05) is 38.1 Å². The number of aliphatic hydroxyl groups excluding tert-OH is 1. The molecule has 1 saturated heterocycles. The van der Waals surface area contributed by atoms with Gasteiger partial charge in [0.25, 0.3) is 11.7 Å². The van der Waals surface area contributed by atoms with Crippen LogP contribution in [0.1, 0.15) is 41.8 Å². The molecule has 0 radical (unpaired) electrons. The van der Waals surface area contributed by atoms with Gasteiger partial charge in [0.15, 0.2) is 0 Å². The summed E-state index contributed by atoms with van der Waals surface area (Å²) in [5, 5.41) is 11.2. The number of ketones is 1. The fraction of sp³-hybridized carbons (Fsp3) is 0.231. The fourth-order valence-electron chi connectivity index (χ4n) is 3.91. The Morgan fingerprint density at radius 3 is 2.47 bits per heavy atom. The number of furan rings is 1. The predicted molar refractivity (Wildman–Crippen MR) is 120 cm³/mol. The fourth-order valence-corrected chi connectivity index (χ4v) is 3.91. The van der Waals surface area contributed by atoms with Crippen molar-refractivity contribution in [3.8, 4) is 5.75 Å². The number of carbonyl (C=O) groups is 2. The molecule has 6 heteroatoms. The first-order chi connectivity index (χ1) is 15.5. The van der Waals surface area contributed by atoms with Crippen molar-refractivity contribution in [1.82, 2.24) is 4.90 Å².